The first-order valence-corrected chi connectivity index (χ1v) is 5.85. The molecule has 84 valence electrons. The molecule has 0 aromatic heterocycles. The van der Waals surface area contributed by atoms with E-state index in [1.807, 2.05) is 19.1 Å². The van der Waals surface area contributed by atoms with Crippen LogP contribution in [0.3, 0.4) is 0 Å². The lowest BCUT2D eigenvalue weighted by molar-refractivity contribution is -0.123. The molecule has 1 aromatic carbocycles. The molecule has 2 rings (SSSR count). The number of carbonyl (C=O) groups excluding carboxylic acids is 2. The highest BCUT2D eigenvalue weighted by Crippen LogP contribution is 2.30. The molecule has 0 spiro atoms. The average molecular weight is 283 g/mol. The minimum atomic E-state index is -0.282. The van der Waals surface area contributed by atoms with Crippen molar-refractivity contribution in [3.05, 3.63) is 23.8 Å². The van der Waals surface area contributed by atoms with E-state index in [0.717, 1.165) is 5.56 Å². The highest BCUT2D eigenvalue weighted by atomic mass is 79.9. The lowest BCUT2D eigenvalue weighted by Crippen LogP contribution is -2.16. The van der Waals surface area contributed by atoms with Crippen molar-refractivity contribution >= 4 is 39.1 Å². The first-order valence-electron chi connectivity index (χ1n) is 4.94. The van der Waals surface area contributed by atoms with Crippen molar-refractivity contribution in [3.8, 4) is 0 Å². The van der Waals surface area contributed by atoms with Gasteiger partial charge in [0.15, 0.2) is 0 Å². The fourth-order valence-electron chi connectivity index (χ4n) is 1.56. The molecule has 1 unspecified atom stereocenters. The van der Waals surface area contributed by atoms with Gasteiger partial charge in [-0.05, 0) is 24.6 Å². The maximum absolute atomic E-state index is 11.4. The minimum absolute atomic E-state index is 0.131. The molecule has 0 aliphatic carbocycles. The number of alkyl halides is 1. The Morgan fingerprint density at radius 2 is 1.81 bits per heavy atom. The minimum Gasteiger partial charge on any atom is -0.324 e. The SMILES string of the molecule is CC(Br)c1ccc2c(c1)NC(=O)CC(=O)N2. The summed E-state index contributed by atoms with van der Waals surface area (Å²) >= 11 is 3.46. The van der Waals surface area contributed by atoms with Crippen LogP contribution in [0.25, 0.3) is 0 Å². The monoisotopic (exact) mass is 282 g/mol. The Labute approximate surface area is 102 Å². The van der Waals surface area contributed by atoms with Gasteiger partial charge in [0.1, 0.15) is 6.42 Å². The molecule has 1 aliphatic rings. The molecule has 0 saturated heterocycles. The predicted molar refractivity (Wildman–Crippen MR) is 65.7 cm³/mol. The molecule has 1 aromatic rings. The van der Waals surface area contributed by atoms with Crippen LogP contribution in [0, 0.1) is 0 Å². The van der Waals surface area contributed by atoms with Gasteiger partial charge in [-0.1, -0.05) is 22.0 Å². The molecule has 1 atom stereocenters. The second-order valence-electron chi connectivity index (χ2n) is 3.69. The van der Waals surface area contributed by atoms with Gasteiger partial charge in [-0.2, -0.15) is 0 Å². The number of anilines is 2. The van der Waals surface area contributed by atoms with E-state index in [-0.39, 0.29) is 23.1 Å². The Morgan fingerprint density at radius 3 is 2.44 bits per heavy atom. The summed E-state index contributed by atoms with van der Waals surface area (Å²) in [5.74, 6) is -0.563. The quantitative estimate of drug-likeness (QED) is 0.614. The number of halogens is 1. The van der Waals surface area contributed by atoms with Gasteiger partial charge in [0.05, 0.1) is 11.4 Å². The molecule has 5 heteroatoms. The Balaban J connectivity index is 2.42. The number of nitrogens with one attached hydrogen (secondary N) is 2. The van der Waals surface area contributed by atoms with E-state index in [0.29, 0.717) is 11.4 Å². The van der Waals surface area contributed by atoms with Gasteiger partial charge in [0.2, 0.25) is 11.8 Å². The van der Waals surface area contributed by atoms with Crippen LogP contribution in [0.1, 0.15) is 23.7 Å². The fraction of sp³-hybridized carbons (Fsp3) is 0.273. The van der Waals surface area contributed by atoms with Gasteiger partial charge in [0.25, 0.3) is 0 Å². The Bertz CT molecular complexity index is 457. The van der Waals surface area contributed by atoms with E-state index in [1.165, 1.54) is 0 Å². The second-order valence-corrected chi connectivity index (χ2v) is 5.07. The predicted octanol–water partition coefficient (Wildman–Crippen LogP) is 2.42. The van der Waals surface area contributed by atoms with Crippen LogP contribution in [0.15, 0.2) is 18.2 Å². The van der Waals surface area contributed by atoms with Crippen molar-refractivity contribution in [1.29, 1.82) is 0 Å². The summed E-state index contributed by atoms with van der Waals surface area (Å²) in [5.41, 5.74) is 2.35. The molecular weight excluding hydrogens is 272 g/mol. The van der Waals surface area contributed by atoms with Crippen molar-refractivity contribution in [3.63, 3.8) is 0 Å². The molecule has 1 heterocycles. The summed E-state index contributed by atoms with van der Waals surface area (Å²) < 4.78 is 0. The smallest absolute Gasteiger partial charge is 0.233 e. The molecule has 0 saturated carbocycles. The highest BCUT2D eigenvalue weighted by molar-refractivity contribution is 9.09. The zero-order chi connectivity index (χ0) is 11.7. The summed E-state index contributed by atoms with van der Waals surface area (Å²) in [6, 6.07) is 5.57. The molecule has 0 radical (unpaired) electrons. The third kappa shape index (κ3) is 2.24. The van der Waals surface area contributed by atoms with Crippen LogP contribution < -0.4 is 10.6 Å². The number of hydrogen-bond acceptors (Lipinski definition) is 2. The molecule has 2 N–H and O–H groups in total. The molecule has 1 aliphatic heterocycles. The van der Waals surface area contributed by atoms with E-state index < -0.39 is 0 Å². The van der Waals surface area contributed by atoms with Gasteiger partial charge in [-0.15, -0.1) is 0 Å². The largest absolute Gasteiger partial charge is 0.324 e. The van der Waals surface area contributed by atoms with Crippen molar-refractivity contribution in [2.24, 2.45) is 0 Å². The lowest BCUT2D eigenvalue weighted by Gasteiger charge is -2.10. The number of fused-ring (bicyclic) bond motifs is 1. The van der Waals surface area contributed by atoms with E-state index >= 15 is 0 Å². The van der Waals surface area contributed by atoms with E-state index in [9.17, 15) is 9.59 Å². The van der Waals surface area contributed by atoms with Gasteiger partial charge >= 0.3 is 0 Å². The number of rotatable bonds is 1. The lowest BCUT2D eigenvalue weighted by atomic mass is 10.1. The van der Waals surface area contributed by atoms with Crippen molar-refractivity contribution in [2.75, 3.05) is 10.6 Å². The van der Waals surface area contributed by atoms with Crippen LogP contribution in [-0.2, 0) is 9.59 Å². The van der Waals surface area contributed by atoms with Crippen LogP contribution in [0.2, 0.25) is 0 Å². The Kier molecular flexibility index (Phi) is 2.96. The zero-order valence-electron chi connectivity index (χ0n) is 8.71. The third-order valence-electron chi connectivity index (χ3n) is 2.37. The van der Waals surface area contributed by atoms with Crippen molar-refractivity contribution < 1.29 is 9.59 Å². The number of hydrogen-bond donors (Lipinski definition) is 2. The number of amides is 2. The number of carbonyl (C=O) groups is 2. The van der Waals surface area contributed by atoms with E-state index in [2.05, 4.69) is 26.6 Å². The normalized spacial score (nSPS) is 16.9. The topological polar surface area (TPSA) is 58.2 Å². The van der Waals surface area contributed by atoms with Gasteiger partial charge in [0, 0.05) is 4.83 Å². The summed E-state index contributed by atoms with van der Waals surface area (Å²) in [5, 5.41) is 5.39. The van der Waals surface area contributed by atoms with Crippen molar-refractivity contribution in [1.82, 2.24) is 0 Å². The first-order chi connectivity index (χ1) is 7.56. The van der Waals surface area contributed by atoms with Crippen LogP contribution in [-0.4, -0.2) is 11.8 Å². The fourth-order valence-corrected chi connectivity index (χ4v) is 1.84. The standard InChI is InChI=1S/C11H11BrN2O2/c1-6(12)7-2-3-8-9(4-7)14-11(16)5-10(15)13-8/h2-4,6H,5H2,1H3,(H,13,15)(H,14,16). The molecule has 4 nitrogen and oxygen atoms in total. The number of benzene rings is 1. The first kappa shape index (κ1) is 11.1. The summed E-state index contributed by atoms with van der Waals surface area (Å²) in [7, 11) is 0. The summed E-state index contributed by atoms with van der Waals surface area (Å²) in [6.45, 7) is 2.00. The van der Waals surface area contributed by atoms with E-state index in [1.54, 1.807) is 6.07 Å². The third-order valence-corrected chi connectivity index (χ3v) is 2.90. The van der Waals surface area contributed by atoms with Crippen LogP contribution in [0.5, 0.6) is 0 Å². The van der Waals surface area contributed by atoms with Crippen molar-refractivity contribution in [2.45, 2.75) is 18.2 Å². The maximum atomic E-state index is 11.4. The highest BCUT2D eigenvalue weighted by Gasteiger charge is 2.18. The molecular formula is C11H11BrN2O2. The van der Waals surface area contributed by atoms with Crippen LogP contribution >= 0.6 is 15.9 Å². The Morgan fingerprint density at radius 1 is 1.19 bits per heavy atom. The van der Waals surface area contributed by atoms with Crippen LogP contribution in [0.4, 0.5) is 11.4 Å². The van der Waals surface area contributed by atoms with Gasteiger partial charge in [-0.25, -0.2) is 0 Å². The second kappa shape index (κ2) is 4.25. The maximum Gasteiger partial charge on any atom is 0.233 e. The van der Waals surface area contributed by atoms with Gasteiger partial charge in [-0.3, -0.25) is 9.59 Å². The van der Waals surface area contributed by atoms with E-state index in [4.69, 9.17) is 0 Å². The molecule has 0 fully saturated rings. The van der Waals surface area contributed by atoms with Gasteiger partial charge < -0.3 is 10.6 Å². The zero-order valence-corrected chi connectivity index (χ0v) is 10.3. The summed E-state index contributed by atoms with van der Waals surface area (Å²) in [6.07, 6.45) is -0.131. The Hall–Kier alpha value is -1.36. The molecule has 0 bridgehead atoms. The summed E-state index contributed by atoms with van der Waals surface area (Å²) in [4.78, 5) is 22.8. The molecule has 2 amide bonds. The average Bonchev–Trinajstić information content (AvgIpc) is 2.32. The molecule has 16 heavy (non-hydrogen) atoms.